The van der Waals surface area contributed by atoms with Crippen LogP contribution in [0.15, 0.2) is 18.2 Å². The number of ether oxygens (including phenoxy) is 1. The zero-order chi connectivity index (χ0) is 14.8. The molecule has 1 aliphatic rings. The predicted octanol–water partition coefficient (Wildman–Crippen LogP) is 2.82. The third-order valence-electron chi connectivity index (χ3n) is 4.39. The van der Waals surface area contributed by atoms with E-state index in [4.69, 9.17) is 4.74 Å². The standard InChI is InChI=1S/C16H22FNO2/c1-18(2)16(8-4-5-9-16)15(19)11-12-6-7-14(20-3)13(17)10-12/h6-7,10H,4-5,8-9,11H2,1-3H3. The van der Waals surface area contributed by atoms with E-state index in [1.54, 1.807) is 12.1 Å². The molecule has 0 bridgehead atoms. The second kappa shape index (κ2) is 5.92. The first-order valence-corrected chi connectivity index (χ1v) is 7.03. The molecule has 3 nitrogen and oxygen atoms in total. The summed E-state index contributed by atoms with van der Waals surface area (Å²) in [6.07, 6.45) is 4.25. The van der Waals surface area contributed by atoms with Crippen LogP contribution in [-0.2, 0) is 11.2 Å². The van der Waals surface area contributed by atoms with Gasteiger partial charge in [0.05, 0.1) is 12.6 Å². The number of rotatable bonds is 5. The Balaban J connectivity index is 2.16. The molecule has 0 N–H and O–H groups in total. The molecule has 0 aromatic heterocycles. The molecule has 0 heterocycles. The lowest BCUT2D eigenvalue weighted by Crippen LogP contribution is -2.49. The summed E-state index contributed by atoms with van der Waals surface area (Å²) in [5.74, 6) is -0.0166. The Morgan fingerprint density at radius 2 is 2.00 bits per heavy atom. The maximum Gasteiger partial charge on any atom is 0.165 e. The third-order valence-corrected chi connectivity index (χ3v) is 4.39. The number of benzene rings is 1. The van der Waals surface area contributed by atoms with Crippen molar-refractivity contribution in [1.82, 2.24) is 4.90 Å². The normalized spacial score (nSPS) is 17.4. The fraction of sp³-hybridized carbons (Fsp3) is 0.562. The van der Waals surface area contributed by atoms with Gasteiger partial charge in [-0.25, -0.2) is 4.39 Å². The maximum atomic E-state index is 13.7. The van der Waals surface area contributed by atoms with Gasteiger partial charge in [-0.2, -0.15) is 0 Å². The highest BCUT2D eigenvalue weighted by Crippen LogP contribution is 2.35. The number of hydrogen-bond donors (Lipinski definition) is 0. The van der Waals surface area contributed by atoms with Crippen LogP contribution in [0.5, 0.6) is 5.75 Å². The molecule has 1 fully saturated rings. The highest BCUT2D eigenvalue weighted by molar-refractivity contribution is 5.90. The fourth-order valence-corrected chi connectivity index (χ4v) is 3.11. The maximum absolute atomic E-state index is 13.7. The molecular weight excluding hydrogens is 257 g/mol. The highest BCUT2D eigenvalue weighted by Gasteiger charge is 2.42. The summed E-state index contributed by atoms with van der Waals surface area (Å²) in [7, 11) is 5.35. The molecule has 110 valence electrons. The van der Waals surface area contributed by atoms with Crippen molar-refractivity contribution in [2.75, 3.05) is 21.2 Å². The lowest BCUT2D eigenvalue weighted by molar-refractivity contribution is -0.128. The van der Waals surface area contributed by atoms with Gasteiger partial charge >= 0.3 is 0 Å². The van der Waals surface area contributed by atoms with Gasteiger partial charge in [-0.1, -0.05) is 18.9 Å². The van der Waals surface area contributed by atoms with Crippen molar-refractivity contribution < 1.29 is 13.9 Å². The van der Waals surface area contributed by atoms with Crippen LogP contribution in [0.25, 0.3) is 0 Å². The zero-order valence-electron chi connectivity index (χ0n) is 12.4. The van der Waals surface area contributed by atoms with E-state index in [1.165, 1.54) is 13.2 Å². The number of methoxy groups -OCH3 is 1. The second-order valence-corrected chi connectivity index (χ2v) is 5.70. The van der Waals surface area contributed by atoms with Crippen LogP contribution in [0.2, 0.25) is 0 Å². The van der Waals surface area contributed by atoms with Crippen LogP contribution in [0.1, 0.15) is 31.2 Å². The minimum absolute atomic E-state index is 0.185. The van der Waals surface area contributed by atoms with Crippen LogP contribution >= 0.6 is 0 Å². The summed E-state index contributed by atoms with van der Waals surface area (Å²) in [6.45, 7) is 0. The molecule has 0 radical (unpaired) electrons. The fourth-order valence-electron chi connectivity index (χ4n) is 3.11. The average molecular weight is 279 g/mol. The van der Waals surface area contributed by atoms with E-state index in [9.17, 15) is 9.18 Å². The molecular formula is C16H22FNO2. The van der Waals surface area contributed by atoms with Gasteiger partial charge in [0, 0.05) is 6.42 Å². The zero-order valence-corrected chi connectivity index (χ0v) is 12.4. The quantitative estimate of drug-likeness (QED) is 0.830. The Morgan fingerprint density at radius 3 is 2.50 bits per heavy atom. The largest absolute Gasteiger partial charge is 0.494 e. The first kappa shape index (κ1) is 15.0. The molecule has 0 saturated heterocycles. The molecule has 2 rings (SSSR count). The van der Waals surface area contributed by atoms with E-state index in [0.717, 1.165) is 25.7 Å². The van der Waals surface area contributed by atoms with Gasteiger partial charge in [-0.15, -0.1) is 0 Å². The van der Waals surface area contributed by atoms with Gasteiger partial charge in [0.15, 0.2) is 17.3 Å². The number of ketones is 1. The van der Waals surface area contributed by atoms with Crippen molar-refractivity contribution in [2.45, 2.75) is 37.6 Å². The summed E-state index contributed by atoms with van der Waals surface area (Å²) in [6, 6.07) is 4.74. The molecule has 0 spiro atoms. The van der Waals surface area contributed by atoms with Crippen molar-refractivity contribution in [3.63, 3.8) is 0 Å². The van der Waals surface area contributed by atoms with Crippen LogP contribution in [0.3, 0.4) is 0 Å². The smallest absolute Gasteiger partial charge is 0.165 e. The summed E-state index contributed by atoms with van der Waals surface area (Å²) < 4.78 is 18.6. The van der Waals surface area contributed by atoms with E-state index in [-0.39, 0.29) is 23.5 Å². The molecule has 4 heteroatoms. The van der Waals surface area contributed by atoms with Crippen LogP contribution in [0, 0.1) is 5.82 Å². The lowest BCUT2D eigenvalue weighted by atomic mass is 9.87. The van der Waals surface area contributed by atoms with Crippen LogP contribution < -0.4 is 4.74 Å². The predicted molar refractivity (Wildman–Crippen MR) is 76.5 cm³/mol. The van der Waals surface area contributed by atoms with Gasteiger partial charge in [0.25, 0.3) is 0 Å². The Bertz CT molecular complexity index is 493. The topological polar surface area (TPSA) is 29.5 Å². The van der Waals surface area contributed by atoms with Gasteiger partial charge in [-0.3, -0.25) is 9.69 Å². The minimum Gasteiger partial charge on any atom is -0.494 e. The lowest BCUT2D eigenvalue weighted by Gasteiger charge is -2.34. The first-order chi connectivity index (χ1) is 9.49. The van der Waals surface area contributed by atoms with Gasteiger partial charge in [0.2, 0.25) is 0 Å². The Morgan fingerprint density at radius 1 is 1.35 bits per heavy atom. The molecule has 1 aromatic rings. The van der Waals surface area contributed by atoms with Crippen LogP contribution in [-0.4, -0.2) is 37.4 Å². The summed E-state index contributed by atoms with van der Waals surface area (Å²) in [5.41, 5.74) is 0.345. The summed E-state index contributed by atoms with van der Waals surface area (Å²) in [4.78, 5) is 14.7. The van der Waals surface area contributed by atoms with Crippen LogP contribution in [0.4, 0.5) is 4.39 Å². The Labute approximate surface area is 119 Å². The van der Waals surface area contributed by atoms with Gasteiger partial charge in [0.1, 0.15) is 0 Å². The number of nitrogens with zero attached hydrogens (tertiary/aromatic N) is 1. The number of carbonyl (C=O) groups excluding carboxylic acids is 1. The van der Waals surface area contributed by atoms with E-state index in [2.05, 4.69) is 0 Å². The highest BCUT2D eigenvalue weighted by atomic mass is 19.1. The SMILES string of the molecule is COc1ccc(CC(=O)C2(N(C)C)CCCC2)cc1F. The first-order valence-electron chi connectivity index (χ1n) is 7.03. The van der Waals surface area contributed by atoms with Gasteiger partial charge in [-0.05, 0) is 44.6 Å². The summed E-state index contributed by atoms with van der Waals surface area (Å²) in [5, 5.41) is 0. The van der Waals surface area contributed by atoms with E-state index in [0.29, 0.717) is 5.56 Å². The van der Waals surface area contributed by atoms with Crippen molar-refractivity contribution in [3.05, 3.63) is 29.6 Å². The van der Waals surface area contributed by atoms with E-state index >= 15 is 0 Å². The Hall–Kier alpha value is -1.42. The summed E-state index contributed by atoms with van der Waals surface area (Å²) >= 11 is 0. The third kappa shape index (κ3) is 2.70. The Kier molecular flexibility index (Phi) is 4.43. The number of likely N-dealkylation sites (N-methyl/N-ethyl adjacent to an activating group) is 1. The molecule has 20 heavy (non-hydrogen) atoms. The molecule has 0 unspecified atom stereocenters. The van der Waals surface area contributed by atoms with Crippen molar-refractivity contribution in [1.29, 1.82) is 0 Å². The molecule has 0 amide bonds. The average Bonchev–Trinajstić information content (AvgIpc) is 2.89. The molecule has 1 saturated carbocycles. The minimum atomic E-state index is -0.414. The number of carbonyl (C=O) groups is 1. The molecule has 0 atom stereocenters. The molecule has 1 aliphatic carbocycles. The molecule has 0 aliphatic heterocycles. The van der Waals surface area contributed by atoms with Crippen molar-refractivity contribution >= 4 is 5.78 Å². The number of hydrogen-bond acceptors (Lipinski definition) is 3. The number of halogens is 1. The van der Waals surface area contributed by atoms with Crippen molar-refractivity contribution in [3.8, 4) is 5.75 Å². The monoisotopic (exact) mass is 279 g/mol. The van der Waals surface area contributed by atoms with Crippen molar-refractivity contribution in [2.24, 2.45) is 0 Å². The van der Waals surface area contributed by atoms with Gasteiger partial charge < -0.3 is 4.74 Å². The molecule has 1 aromatic carbocycles. The second-order valence-electron chi connectivity index (χ2n) is 5.70. The number of Topliss-reactive ketones (excluding diaryl/α,β-unsaturated/α-hetero) is 1. The van der Waals surface area contributed by atoms with E-state index in [1.807, 2.05) is 19.0 Å². The van der Waals surface area contributed by atoms with E-state index < -0.39 is 5.82 Å².